The van der Waals surface area contributed by atoms with E-state index in [1.807, 2.05) is 24.3 Å². The third-order valence-electron chi connectivity index (χ3n) is 7.51. The molecule has 10 heteroatoms. The van der Waals surface area contributed by atoms with Gasteiger partial charge in [0.15, 0.2) is 18.2 Å². The minimum Gasteiger partial charge on any atom is -0.481 e. The van der Waals surface area contributed by atoms with E-state index >= 15 is 0 Å². The van der Waals surface area contributed by atoms with Crippen molar-refractivity contribution in [3.63, 3.8) is 0 Å². The first-order valence-corrected chi connectivity index (χ1v) is 12.0. The number of pyridine rings is 2. The van der Waals surface area contributed by atoms with E-state index in [2.05, 4.69) is 30.6 Å². The third kappa shape index (κ3) is 4.28. The molecule has 3 aliphatic heterocycles. The molecule has 1 amide bonds. The molecule has 1 saturated carbocycles. The average Bonchev–Trinajstić information content (AvgIpc) is 2.91. The molecule has 0 radical (unpaired) electrons. The highest BCUT2D eigenvalue weighted by atomic mass is 16.5. The van der Waals surface area contributed by atoms with E-state index in [1.165, 1.54) is 0 Å². The second kappa shape index (κ2) is 8.69. The molecule has 0 unspecified atom stereocenters. The SMILES string of the molecule is COc1ccc2ncnc(CCC34CCC(NCc5ccc6c(n5)NC(=O)CO6)(CC3)CO4)c2n1. The molecule has 182 valence electrons. The normalized spacial score (nSPS) is 25.1. The van der Waals surface area contributed by atoms with Gasteiger partial charge in [0.1, 0.15) is 11.8 Å². The van der Waals surface area contributed by atoms with Crippen molar-refractivity contribution in [3.05, 3.63) is 42.0 Å². The van der Waals surface area contributed by atoms with Crippen LogP contribution in [0.15, 0.2) is 30.6 Å². The van der Waals surface area contributed by atoms with Gasteiger partial charge in [0.2, 0.25) is 5.88 Å². The van der Waals surface area contributed by atoms with Gasteiger partial charge in [0, 0.05) is 18.2 Å². The summed E-state index contributed by atoms with van der Waals surface area (Å²) in [6, 6.07) is 7.53. The summed E-state index contributed by atoms with van der Waals surface area (Å²) in [5, 5.41) is 6.47. The number of methoxy groups -OCH3 is 1. The highest BCUT2D eigenvalue weighted by Gasteiger charge is 2.49. The molecule has 0 atom stereocenters. The highest BCUT2D eigenvalue weighted by molar-refractivity contribution is 5.94. The lowest BCUT2D eigenvalue weighted by Crippen LogP contribution is -2.61. The van der Waals surface area contributed by atoms with Gasteiger partial charge in [-0.2, -0.15) is 0 Å². The Labute approximate surface area is 202 Å². The Kier molecular flexibility index (Phi) is 5.49. The maximum Gasteiger partial charge on any atom is 0.263 e. The van der Waals surface area contributed by atoms with Gasteiger partial charge in [-0.25, -0.2) is 19.9 Å². The third-order valence-corrected chi connectivity index (χ3v) is 7.51. The zero-order valence-corrected chi connectivity index (χ0v) is 19.7. The number of carbonyl (C=O) groups is 1. The minimum atomic E-state index is -0.178. The monoisotopic (exact) mass is 476 g/mol. The van der Waals surface area contributed by atoms with Crippen molar-refractivity contribution in [1.82, 2.24) is 25.3 Å². The molecular formula is C25H28N6O4. The van der Waals surface area contributed by atoms with Crippen LogP contribution in [-0.4, -0.2) is 57.3 Å². The molecule has 10 nitrogen and oxygen atoms in total. The molecule has 0 aromatic carbocycles. The molecule has 3 aromatic heterocycles. The summed E-state index contributed by atoms with van der Waals surface area (Å²) >= 11 is 0. The van der Waals surface area contributed by atoms with Crippen LogP contribution in [0.3, 0.4) is 0 Å². The second-order valence-electron chi connectivity index (χ2n) is 9.63. The van der Waals surface area contributed by atoms with Crippen molar-refractivity contribution in [1.29, 1.82) is 0 Å². The lowest BCUT2D eigenvalue weighted by molar-refractivity contribution is -0.165. The number of amides is 1. The first kappa shape index (κ1) is 22.1. The maximum atomic E-state index is 11.6. The van der Waals surface area contributed by atoms with Gasteiger partial charge >= 0.3 is 0 Å². The Bertz CT molecular complexity index is 1260. The second-order valence-corrected chi connectivity index (χ2v) is 9.63. The van der Waals surface area contributed by atoms with Crippen LogP contribution >= 0.6 is 0 Å². The molecule has 2 bridgehead atoms. The van der Waals surface area contributed by atoms with E-state index in [0.717, 1.165) is 60.9 Å². The van der Waals surface area contributed by atoms with Crippen LogP contribution in [0.5, 0.6) is 11.6 Å². The molecule has 3 aromatic rings. The largest absolute Gasteiger partial charge is 0.481 e. The van der Waals surface area contributed by atoms with E-state index in [1.54, 1.807) is 13.4 Å². The smallest absolute Gasteiger partial charge is 0.263 e. The number of aromatic nitrogens is 4. The summed E-state index contributed by atoms with van der Waals surface area (Å²) in [7, 11) is 1.61. The number of fused-ring (bicyclic) bond motifs is 5. The summed E-state index contributed by atoms with van der Waals surface area (Å²) < 4.78 is 17.2. The number of rotatable bonds is 7. The predicted molar refractivity (Wildman–Crippen MR) is 127 cm³/mol. The number of hydrogen-bond acceptors (Lipinski definition) is 9. The van der Waals surface area contributed by atoms with Crippen LogP contribution in [0.2, 0.25) is 0 Å². The number of aryl methyl sites for hydroxylation is 1. The zero-order valence-electron chi connectivity index (χ0n) is 19.7. The summed E-state index contributed by atoms with van der Waals surface area (Å²) in [6.07, 6.45) is 7.39. The van der Waals surface area contributed by atoms with Crippen LogP contribution in [0, 0.1) is 0 Å². The number of carbonyl (C=O) groups excluding carboxylic acids is 1. The number of ether oxygens (including phenoxy) is 3. The van der Waals surface area contributed by atoms with E-state index < -0.39 is 0 Å². The standard InChI is InChI=1S/C25H28N6O4/c1-33-21-5-3-17-22(31-21)18(27-15-26-17)6-7-25-10-8-24(9-11-25,14-35-25)28-12-16-2-4-19-23(29-16)30-20(32)13-34-19/h2-5,15,28H,6-14H2,1H3,(H,29,30,32). The quantitative estimate of drug-likeness (QED) is 0.530. The highest BCUT2D eigenvalue weighted by Crippen LogP contribution is 2.46. The summed E-state index contributed by atoms with van der Waals surface area (Å²) in [4.78, 5) is 29.6. The molecule has 7 rings (SSSR count). The van der Waals surface area contributed by atoms with Crippen molar-refractivity contribution < 1.29 is 19.0 Å². The fourth-order valence-electron chi connectivity index (χ4n) is 5.31. The van der Waals surface area contributed by atoms with Crippen LogP contribution in [0.25, 0.3) is 11.0 Å². The van der Waals surface area contributed by atoms with Gasteiger partial charge in [-0.1, -0.05) is 0 Å². The van der Waals surface area contributed by atoms with Crippen LogP contribution in [0.4, 0.5) is 5.82 Å². The summed E-state index contributed by atoms with van der Waals surface area (Å²) in [6.45, 7) is 1.32. The van der Waals surface area contributed by atoms with Crippen molar-refractivity contribution in [2.24, 2.45) is 0 Å². The van der Waals surface area contributed by atoms with E-state index in [9.17, 15) is 4.79 Å². The molecular weight excluding hydrogens is 448 g/mol. The Morgan fingerprint density at radius 3 is 2.80 bits per heavy atom. The molecule has 6 heterocycles. The first-order chi connectivity index (χ1) is 17.1. The fourth-order valence-corrected chi connectivity index (χ4v) is 5.31. The van der Waals surface area contributed by atoms with Crippen molar-refractivity contribution in [3.8, 4) is 11.6 Å². The molecule has 3 fully saturated rings. The van der Waals surface area contributed by atoms with Gasteiger partial charge in [-0.15, -0.1) is 0 Å². The number of anilines is 1. The number of nitrogens with one attached hydrogen (secondary N) is 2. The van der Waals surface area contributed by atoms with Gasteiger partial charge < -0.3 is 24.8 Å². The summed E-state index contributed by atoms with van der Waals surface area (Å²) in [5.41, 5.74) is 3.25. The molecule has 2 N–H and O–H groups in total. The predicted octanol–water partition coefficient (Wildman–Crippen LogP) is 2.56. The van der Waals surface area contributed by atoms with Gasteiger partial charge in [-0.05, 0) is 56.7 Å². The summed E-state index contributed by atoms with van der Waals surface area (Å²) in [5.74, 6) is 1.49. The van der Waals surface area contributed by atoms with Gasteiger partial charge in [0.25, 0.3) is 5.91 Å². The zero-order chi connectivity index (χ0) is 23.9. The Hall–Kier alpha value is -3.37. The van der Waals surface area contributed by atoms with Crippen LogP contribution in [-0.2, 0) is 22.5 Å². The Morgan fingerprint density at radius 1 is 1.11 bits per heavy atom. The molecule has 1 aliphatic carbocycles. The van der Waals surface area contributed by atoms with Crippen molar-refractivity contribution >= 4 is 22.8 Å². The fraction of sp³-hybridized carbons (Fsp3) is 0.480. The first-order valence-electron chi connectivity index (χ1n) is 12.0. The topological polar surface area (TPSA) is 120 Å². The molecule has 4 aliphatic rings. The molecule has 0 spiro atoms. The van der Waals surface area contributed by atoms with Crippen LogP contribution in [0.1, 0.15) is 43.5 Å². The molecule has 35 heavy (non-hydrogen) atoms. The average molecular weight is 477 g/mol. The Balaban J connectivity index is 1.08. The van der Waals surface area contributed by atoms with Crippen molar-refractivity contribution in [2.75, 3.05) is 25.6 Å². The van der Waals surface area contributed by atoms with Gasteiger partial charge in [-0.3, -0.25) is 4.79 Å². The lowest BCUT2D eigenvalue weighted by Gasteiger charge is -2.53. The van der Waals surface area contributed by atoms with E-state index in [4.69, 9.17) is 14.2 Å². The Morgan fingerprint density at radius 2 is 2.00 bits per heavy atom. The number of hydrogen-bond donors (Lipinski definition) is 2. The van der Waals surface area contributed by atoms with E-state index in [-0.39, 0.29) is 23.7 Å². The maximum absolute atomic E-state index is 11.6. The molecule has 2 saturated heterocycles. The number of nitrogens with zero attached hydrogens (tertiary/aromatic N) is 4. The van der Waals surface area contributed by atoms with Gasteiger partial charge in [0.05, 0.1) is 36.2 Å². The van der Waals surface area contributed by atoms with Crippen LogP contribution < -0.4 is 20.1 Å². The lowest BCUT2D eigenvalue weighted by atomic mass is 9.69. The minimum absolute atomic E-state index is 0.0344. The van der Waals surface area contributed by atoms with E-state index in [0.29, 0.717) is 30.6 Å². The van der Waals surface area contributed by atoms with Crippen molar-refractivity contribution in [2.45, 2.75) is 56.2 Å².